The average molecular weight is 648 g/mol. The maximum Gasteiger partial charge on any atom is 0.459 e. The summed E-state index contributed by atoms with van der Waals surface area (Å²) in [6.45, 7) is 4.75. The van der Waals surface area contributed by atoms with Gasteiger partial charge in [0.1, 0.15) is 48.0 Å². The summed E-state index contributed by atoms with van der Waals surface area (Å²) in [6, 6.07) is 8.23. The van der Waals surface area contributed by atoms with E-state index in [-0.39, 0.29) is 35.5 Å². The Labute approximate surface area is 257 Å². The number of hydrogen-bond donors (Lipinski definition) is 4. The SMILES string of the molecule is CCC(CC)COC(=O)[C@H](C)NP(=O)(OC[C@H]1O[C@@](C#N)(c2ccc3c(N)ncnn23)[C@H](O)[C@@H]1O)Oc1ccc([N+](=O)[O-])cc1. The van der Waals surface area contributed by atoms with E-state index in [0.29, 0.717) is 5.52 Å². The van der Waals surface area contributed by atoms with Gasteiger partial charge < -0.3 is 29.9 Å². The largest absolute Gasteiger partial charge is 0.464 e. The summed E-state index contributed by atoms with van der Waals surface area (Å²) >= 11 is 0. The van der Waals surface area contributed by atoms with Gasteiger partial charge in [-0.25, -0.2) is 14.1 Å². The molecule has 1 aromatic carbocycles. The van der Waals surface area contributed by atoms with Crippen LogP contribution in [0.1, 0.15) is 39.3 Å². The molecule has 0 bridgehead atoms. The number of nitro groups is 1. The third-order valence-corrected chi connectivity index (χ3v) is 9.13. The molecule has 2 aromatic heterocycles. The number of nitrogen functional groups attached to an aromatic ring is 1. The van der Waals surface area contributed by atoms with Gasteiger partial charge in [-0.05, 0) is 37.1 Å². The highest BCUT2D eigenvalue weighted by atomic mass is 31.2. The van der Waals surface area contributed by atoms with Crippen LogP contribution in [0, 0.1) is 27.4 Å². The van der Waals surface area contributed by atoms with Crippen molar-refractivity contribution in [1.29, 1.82) is 5.26 Å². The lowest BCUT2D eigenvalue weighted by Crippen LogP contribution is -2.41. The Bertz CT molecular complexity index is 1610. The molecule has 1 aliphatic heterocycles. The number of nitro benzene ring substituents is 1. The van der Waals surface area contributed by atoms with Crippen molar-refractivity contribution in [2.24, 2.45) is 5.92 Å². The van der Waals surface area contributed by atoms with Crippen LogP contribution in [-0.4, -0.2) is 73.3 Å². The number of rotatable bonds is 14. The van der Waals surface area contributed by atoms with Crippen molar-refractivity contribution in [2.75, 3.05) is 18.9 Å². The molecule has 0 amide bonds. The Kier molecular flexibility index (Phi) is 10.4. The molecule has 6 atom stereocenters. The first kappa shape index (κ1) is 33.7. The number of fused-ring (bicyclic) bond motifs is 1. The van der Waals surface area contributed by atoms with Crippen LogP contribution in [0.3, 0.4) is 0 Å². The predicted octanol–water partition coefficient (Wildman–Crippen LogP) is 2.22. The van der Waals surface area contributed by atoms with Crippen molar-refractivity contribution in [3.05, 3.63) is 58.5 Å². The number of hydrogen-bond acceptors (Lipinski definition) is 14. The minimum Gasteiger partial charge on any atom is -0.464 e. The highest BCUT2D eigenvalue weighted by molar-refractivity contribution is 7.52. The minimum absolute atomic E-state index is 0.0421. The van der Waals surface area contributed by atoms with Crippen LogP contribution in [0.4, 0.5) is 11.5 Å². The maximum absolute atomic E-state index is 14.0. The number of carbonyl (C=O) groups excluding carboxylic acids is 1. The van der Waals surface area contributed by atoms with E-state index in [1.165, 1.54) is 35.7 Å². The van der Waals surface area contributed by atoms with E-state index >= 15 is 0 Å². The summed E-state index contributed by atoms with van der Waals surface area (Å²) in [7, 11) is -4.52. The fraction of sp³-hybridized carbons (Fsp3) is 0.481. The molecule has 242 valence electrons. The number of aliphatic hydroxyl groups excluding tert-OH is 2. The summed E-state index contributed by atoms with van der Waals surface area (Å²) < 4.78 is 37.6. The molecule has 17 nitrogen and oxygen atoms in total. The summed E-state index contributed by atoms with van der Waals surface area (Å²) in [5, 5.41) is 49.7. The molecule has 0 saturated carbocycles. The predicted molar refractivity (Wildman–Crippen MR) is 156 cm³/mol. The second-order valence-electron chi connectivity index (χ2n) is 10.4. The minimum atomic E-state index is -4.52. The molecular weight excluding hydrogens is 613 g/mol. The molecule has 1 unspecified atom stereocenters. The summed E-state index contributed by atoms with van der Waals surface area (Å²) in [4.78, 5) is 27.0. The number of aliphatic hydroxyl groups is 2. The normalized spacial score (nSPS) is 23.4. The van der Waals surface area contributed by atoms with Crippen LogP contribution in [-0.2, 0) is 29.0 Å². The molecule has 0 spiro atoms. The number of nitrogens with zero attached hydrogens (tertiary/aromatic N) is 5. The lowest BCUT2D eigenvalue weighted by atomic mass is 9.92. The lowest BCUT2D eigenvalue weighted by molar-refractivity contribution is -0.384. The molecular formula is C27H34N7O10P. The van der Waals surface area contributed by atoms with Crippen molar-refractivity contribution < 1.29 is 43.0 Å². The van der Waals surface area contributed by atoms with Gasteiger partial charge in [0, 0.05) is 12.1 Å². The molecule has 0 radical (unpaired) electrons. The molecule has 1 saturated heterocycles. The summed E-state index contributed by atoms with van der Waals surface area (Å²) in [5.41, 5.74) is 3.85. The van der Waals surface area contributed by atoms with E-state index in [2.05, 4.69) is 15.2 Å². The van der Waals surface area contributed by atoms with E-state index in [4.69, 9.17) is 24.3 Å². The Morgan fingerprint density at radius 2 is 1.98 bits per heavy atom. The zero-order valence-electron chi connectivity index (χ0n) is 24.7. The first-order valence-corrected chi connectivity index (χ1v) is 15.6. The Balaban J connectivity index is 1.56. The molecule has 1 fully saturated rings. The van der Waals surface area contributed by atoms with Gasteiger partial charge in [0.15, 0.2) is 5.82 Å². The van der Waals surface area contributed by atoms with Crippen LogP contribution in [0.15, 0.2) is 42.7 Å². The fourth-order valence-corrected chi connectivity index (χ4v) is 6.22. The van der Waals surface area contributed by atoms with Crippen molar-refractivity contribution in [1.82, 2.24) is 19.7 Å². The van der Waals surface area contributed by atoms with Crippen LogP contribution in [0.2, 0.25) is 0 Å². The molecule has 4 rings (SSSR count). The number of nitrogens with one attached hydrogen (secondary N) is 1. The second kappa shape index (κ2) is 13.9. The monoisotopic (exact) mass is 647 g/mol. The van der Waals surface area contributed by atoms with Gasteiger partial charge in [-0.2, -0.15) is 15.4 Å². The number of carbonyl (C=O) groups is 1. The highest BCUT2D eigenvalue weighted by Gasteiger charge is 2.58. The average Bonchev–Trinajstić information content (AvgIpc) is 3.57. The molecule has 5 N–H and O–H groups in total. The van der Waals surface area contributed by atoms with Crippen LogP contribution < -0.4 is 15.3 Å². The van der Waals surface area contributed by atoms with Crippen molar-refractivity contribution in [3.8, 4) is 11.8 Å². The maximum atomic E-state index is 14.0. The number of non-ortho nitro benzene ring substituents is 1. The van der Waals surface area contributed by atoms with Crippen molar-refractivity contribution in [2.45, 2.75) is 63.6 Å². The summed E-state index contributed by atoms with van der Waals surface area (Å²) in [5.74, 6) is -0.616. The molecule has 3 heterocycles. The zero-order valence-corrected chi connectivity index (χ0v) is 25.6. The van der Waals surface area contributed by atoms with Gasteiger partial charge in [0.2, 0.25) is 5.60 Å². The zero-order chi connectivity index (χ0) is 32.9. The standard InChI is InChI=1S/C27H34N7O10P/c1-4-17(5-2)12-41-26(37)16(3)32-45(40,44-19-8-6-18(7-9-19)34(38)39)42-13-21-23(35)24(36)27(14-28,43-21)22-11-10-20-25(29)30-15-31-33(20)22/h6-11,15-17,21,23-24,35-36H,4-5,12-13H2,1-3H3,(H,32,40)(H2,29,30,31)/t16-,21+,23+,24+,27-,45?/m0/s1. The van der Waals surface area contributed by atoms with Crippen molar-refractivity contribution in [3.63, 3.8) is 0 Å². The number of nitriles is 1. The first-order valence-electron chi connectivity index (χ1n) is 14.0. The Morgan fingerprint density at radius 1 is 1.29 bits per heavy atom. The first-order chi connectivity index (χ1) is 21.4. The van der Waals surface area contributed by atoms with E-state index < -0.39 is 55.2 Å². The van der Waals surface area contributed by atoms with Gasteiger partial charge in [0.05, 0.1) is 23.8 Å². The second-order valence-corrected chi connectivity index (χ2v) is 12.1. The molecule has 1 aliphatic rings. The number of nitrogens with two attached hydrogens (primary N) is 1. The van der Waals surface area contributed by atoms with Gasteiger partial charge in [0.25, 0.3) is 5.69 Å². The molecule has 0 aliphatic carbocycles. The van der Waals surface area contributed by atoms with E-state index in [9.17, 15) is 34.9 Å². The highest BCUT2D eigenvalue weighted by Crippen LogP contribution is 2.47. The topological polar surface area (TPSA) is 247 Å². The smallest absolute Gasteiger partial charge is 0.459 e. The third-order valence-electron chi connectivity index (χ3n) is 7.49. The van der Waals surface area contributed by atoms with E-state index in [0.717, 1.165) is 31.3 Å². The molecule has 45 heavy (non-hydrogen) atoms. The number of benzene rings is 1. The van der Waals surface area contributed by atoms with E-state index in [1.54, 1.807) is 0 Å². The van der Waals surface area contributed by atoms with Gasteiger partial charge in [-0.15, -0.1) is 0 Å². The lowest BCUT2D eigenvalue weighted by Gasteiger charge is -2.25. The van der Waals surface area contributed by atoms with Crippen LogP contribution in [0.5, 0.6) is 5.75 Å². The summed E-state index contributed by atoms with van der Waals surface area (Å²) in [6.07, 6.45) is -2.25. The van der Waals surface area contributed by atoms with Crippen molar-refractivity contribution >= 4 is 30.7 Å². The van der Waals surface area contributed by atoms with Crippen LogP contribution in [0.25, 0.3) is 5.52 Å². The number of ether oxygens (including phenoxy) is 2. The quantitative estimate of drug-likeness (QED) is 0.0847. The van der Waals surface area contributed by atoms with Gasteiger partial charge in [-0.1, -0.05) is 26.7 Å². The Hall–Kier alpha value is -4.17. The van der Waals surface area contributed by atoms with Gasteiger partial charge >= 0.3 is 13.7 Å². The van der Waals surface area contributed by atoms with E-state index in [1.807, 2.05) is 19.9 Å². The van der Waals surface area contributed by atoms with Crippen LogP contribution >= 0.6 is 7.75 Å². The number of aromatic nitrogens is 3. The molecule has 18 heteroatoms. The third kappa shape index (κ3) is 7.06. The Morgan fingerprint density at radius 3 is 2.60 bits per heavy atom. The number of esters is 1. The molecule has 3 aromatic rings. The fourth-order valence-electron chi connectivity index (χ4n) is 4.72. The van der Waals surface area contributed by atoms with Gasteiger partial charge in [-0.3, -0.25) is 19.4 Å². The number of anilines is 1.